The molecule has 0 fully saturated rings. The number of halogens is 2. The van der Waals surface area contributed by atoms with Crippen LogP contribution in [0, 0.1) is 0 Å². The Bertz CT molecular complexity index is 961. The highest BCUT2D eigenvalue weighted by Gasteiger charge is 2.45. The lowest BCUT2D eigenvalue weighted by molar-refractivity contribution is -0.00000537. The van der Waals surface area contributed by atoms with Gasteiger partial charge in [0.25, 0.3) is 0 Å². The summed E-state index contributed by atoms with van der Waals surface area (Å²) in [6.07, 6.45) is 1.02. The summed E-state index contributed by atoms with van der Waals surface area (Å²) in [4.78, 5) is 0. The number of benzene rings is 4. The van der Waals surface area contributed by atoms with Crippen molar-refractivity contribution in [3.63, 3.8) is 0 Å². The summed E-state index contributed by atoms with van der Waals surface area (Å²) in [7, 11) is -1.82. The molecule has 0 aliphatic rings. The van der Waals surface area contributed by atoms with E-state index >= 15 is 0 Å². The lowest BCUT2D eigenvalue weighted by atomic mass is 10.2. The molecule has 0 nitrogen and oxygen atoms in total. The van der Waals surface area contributed by atoms with Crippen LogP contribution in [0.25, 0.3) is 0 Å². The summed E-state index contributed by atoms with van der Waals surface area (Å²) < 4.78 is 0. The molecule has 0 radical (unpaired) electrons. The van der Waals surface area contributed by atoms with Gasteiger partial charge in [0.05, 0.1) is 6.16 Å². The highest BCUT2D eigenvalue weighted by Crippen LogP contribution is 2.58. The molecule has 0 saturated carbocycles. The van der Waals surface area contributed by atoms with Gasteiger partial charge in [-0.25, -0.2) is 0 Å². The Morgan fingerprint density at radius 3 is 1.34 bits per heavy atom. The lowest BCUT2D eigenvalue weighted by Crippen LogP contribution is -3.00. The zero-order chi connectivity index (χ0) is 19.2. The van der Waals surface area contributed by atoms with Gasteiger partial charge in [-0.2, -0.15) is 0 Å². The zero-order valence-corrected chi connectivity index (χ0v) is 20.2. The largest absolute Gasteiger partial charge is 1.00 e. The predicted molar refractivity (Wildman–Crippen MR) is 128 cm³/mol. The van der Waals surface area contributed by atoms with E-state index in [0.717, 1.165) is 11.5 Å². The van der Waals surface area contributed by atoms with Crippen molar-refractivity contribution in [3.05, 3.63) is 126 Å². The maximum absolute atomic E-state index is 3.59. The van der Waals surface area contributed by atoms with Crippen molar-refractivity contribution in [1.82, 2.24) is 0 Å². The predicted octanol–water partition coefficient (Wildman–Crippen LogP) is 3.08. The normalized spacial score (nSPS) is 10.9. The quantitative estimate of drug-likeness (QED) is 0.268. The van der Waals surface area contributed by atoms with Crippen molar-refractivity contribution >= 4 is 39.1 Å². The Morgan fingerprint density at radius 1 is 0.483 bits per heavy atom. The van der Waals surface area contributed by atoms with E-state index in [1.807, 2.05) is 0 Å². The number of hydrogen-bond acceptors (Lipinski definition) is 0. The summed E-state index contributed by atoms with van der Waals surface area (Å²) >= 11 is 3.59. The standard InChI is InChI=1S/C26H23BrP.BrH/c27-20-22-16-18-26(19-17-22)28(24-12-6-2-7-13-24,25-14-8-3-9-15-25)21-23-10-4-1-5-11-23;/h1-19H,20-21H2;1H/q+1;/p-1. The first-order chi connectivity index (χ1) is 13.8. The minimum absolute atomic E-state index is 0. The fourth-order valence-corrected chi connectivity index (χ4v) is 8.38. The van der Waals surface area contributed by atoms with Gasteiger partial charge in [-0.1, -0.05) is 94.8 Å². The van der Waals surface area contributed by atoms with Crippen molar-refractivity contribution in [1.29, 1.82) is 0 Å². The molecule has 0 unspecified atom stereocenters. The van der Waals surface area contributed by atoms with Crippen LogP contribution >= 0.6 is 23.2 Å². The Morgan fingerprint density at radius 2 is 0.897 bits per heavy atom. The van der Waals surface area contributed by atoms with E-state index in [9.17, 15) is 0 Å². The maximum atomic E-state index is 3.59. The number of alkyl halides is 1. The third kappa shape index (κ3) is 4.72. The molecule has 0 aromatic heterocycles. The fraction of sp³-hybridized carbons (Fsp3) is 0.0769. The fourth-order valence-electron chi connectivity index (χ4n) is 3.78. The number of hydrogen-bond donors (Lipinski definition) is 0. The van der Waals surface area contributed by atoms with Crippen molar-refractivity contribution in [2.24, 2.45) is 0 Å². The van der Waals surface area contributed by atoms with E-state index in [1.54, 1.807) is 0 Å². The minimum atomic E-state index is -1.82. The molecule has 0 heterocycles. The van der Waals surface area contributed by atoms with Gasteiger partial charge < -0.3 is 17.0 Å². The smallest absolute Gasteiger partial charge is 0.116 e. The first kappa shape index (κ1) is 22.0. The second-order valence-electron chi connectivity index (χ2n) is 6.92. The van der Waals surface area contributed by atoms with Crippen LogP contribution in [0.5, 0.6) is 0 Å². The van der Waals surface area contributed by atoms with Crippen LogP contribution in [-0.4, -0.2) is 0 Å². The molecule has 4 aromatic carbocycles. The first-order valence-corrected chi connectivity index (χ1v) is 12.6. The Kier molecular flexibility index (Phi) is 7.84. The maximum Gasteiger partial charge on any atom is 0.116 e. The Balaban J connectivity index is 0.00000240. The van der Waals surface area contributed by atoms with Crippen LogP contribution in [0.15, 0.2) is 115 Å². The van der Waals surface area contributed by atoms with Gasteiger partial charge >= 0.3 is 0 Å². The van der Waals surface area contributed by atoms with Crippen molar-refractivity contribution in [2.45, 2.75) is 11.5 Å². The summed E-state index contributed by atoms with van der Waals surface area (Å²) in [6, 6.07) is 42.2. The Hall–Kier alpha value is -1.73. The molecule has 0 saturated heterocycles. The van der Waals surface area contributed by atoms with Crippen LogP contribution in [-0.2, 0) is 11.5 Å². The van der Waals surface area contributed by atoms with E-state index in [4.69, 9.17) is 0 Å². The van der Waals surface area contributed by atoms with Crippen molar-refractivity contribution < 1.29 is 17.0 Å². The average Bonchev–Trinajstić information content (AvgIpc) is 2.79. The highest BCUT2D eigenvalue weighted by molar-refractivity contribution is 9.08. The van der Waals surface area contributed by atoms with Crippen LogP contribution in [0.2, 0.25) is 0 Å². The summed E-state index contributed by atoms with van der Waals surface area (Å²) in [5, 5.41) is 5.17. The molecule has 146 valence electrons. The van der Waals surface area contributed by atoms with E-state index in [2.05, 4.69) is 131 Å². The first-order valence-electron chi connectivity index (χ1n) is 9.51. The van der Waals surface area contributed by atoms with Gasteiger partial charge in [0, 0.05) is 5.33 Å². The molecule has 0 aliphatic carbocycles. The topological polar surface area (TPSA) is 0 Å². The van der Waals surface area contributed by atoms with Gasteiger partial charge in [-0.15, -0.1) is 0 Å². The summed E-state index contributed by atoms with van der Waals surface area (Å²) in [6.45, 7) is 0. The second-order valence-corrected chi connectivity index (χ2v) is 11.0. The third-order valence-electron chi connectivity index (χ3n) is 5.19. The Labute approximate surface area is 193 Å². The van der Waals surface area contributed by atoms with E-state index in [-0.39, 0.29) is 17.0 Å². The van der Waals surface area contributed by atoms with Gasteiger partial charge in [0.15, 0.2) is 0 Å². The summed E-state index contributed by atoms with van der Waals surface area (Å²) in [5.41, 5.74) is 2.69. The molecular formula is C26H23Br2P. The molecule has 0 atom stereocenters. The van der Waals surface area contributed by atoms with E-state index in [1.165, 1.54) is 27.0 Å². The van der Waals surface area contributed by atoms with Gasteiger partial charge in [-0.3, -0.25) is 0 Å². The molecule has 0 spiro atoms. The molecule has 4 aromatic rings. The molecule has 3 heteroatoms. The molecule has 29 heavy (non-hydrogen) atoms. The second kappa shape index (κ2) is 10.3. The van der Waals surface area contributed by atoms with Crippen LogP contribution < -0.4 is 32.9 Å². The third-order valence-corrected chi connectivity index (χ3v) is 10.2. The molecule has 0 aliphatic heterocycles. The van der Waals surface area contributed by atoms with Crippen LogP contribution in [0.4, 0.5) is 0 Å². The highest BCUT2D eigenvalue weighted by atomic mass is 79.9. The lowest BCUT2D eigenvalue weighted by Gasteiger charge is -2.28. The molecular weight excluding hydrogens is 503 g/mol. The molecule has 0 bridgehead atoms. The van der Waals surface area contributed by atoms with Crippen LogP contribution in [0.1, 0.15) is 11.1 Å². The summed E-state index contributed by atoms with van der Waals surface area (Å²) in [5.74, 6) is 0. The van der Waals surface area contributed by atoms with Gasteiger partial charge in [-0.05, 0) is 47.5 Å². The van der Waals surface area contributed by atoms with Crippen molar-refractivity contribution in [3.8, 4) is 0 Å². The van der Waals surface area contributed by atoms with E-state index < -0.39 is 7.26 Å². The van der Waals surface area contributed by atoms with Crippen molar-refractivity contribution in [2.75, 3.05) is 0 Å². The minimum Gasteiger partial charge on any atom is -1.00 e. The SMILES string of the molecule is BrCc1ccc([P+](Cc2ccccc2)(c2ccccc2)c2ccccc2)cc1.[Br-]. The molecule has 4 rings (SSSR count). The van der Waals surface area contributed by atoms with Gasteiger partial charge in [0.1, 0.15) is 23.2 Å². The molecule has 0 N–H and O–H groups in total. The average molecular weight is 526 g/mol. The van der Waals surface area contributed by atoms with Gasteiger partial charge in [0.2, 0.25) is 0 Å². The van der Waals surface area contributed by atoms with Crippen LogP contribution in [0.3, 0.4) is 0 Å². The zero-order valence-electron chi connectivity index (χ0n) is 16.1. The molecule has 0 amide bonds. The monoisotopic (exact) mass is 524 g/mol. The van der Waals surface area contributed by atoms with E-state index in [0.29, 0.717) is 0 Å². The number of rotatable bonds is 6.